The van der Waals surface area contributed by atoms with Crippen molar-refractivity contribution in [3.05, 3.63) is 24.8 Å². The fraction of sp³-hybridized carbons (Fsp3) is 0.375. The fourth-order valence-electron chi connectivity index (χ4n) is 1.17. The number of aromatic amines is 1. The summed E-state index contributed by atoms with van der Waals surface area (Å²) in [5, 5.41) is 12.9. The van der Waals surface area contributed by atoms with Gasteiger partial charge in [-0.2, -0.15) is 10.2 Å². The number of nitrogens with zero attached hydrogens (tertiary/aromatic N) is 5. The number of aromatic nitrogens is 6. The molecule has 0 fully saturated rings. The second kappa shape index (κ2) is 4.51. The van der Waals surface area contributed by atoms with E-state index in [4.69, 9.17) is 0 Å². The van der Waals surface area contributed by atoms with Crippen LogP contribution in [0.1, 0.15) is 18.8 Å². The fourth-order valence-corrected chi connectivity index (χ4v) is 1.17. The quantitative estimate of drug-likeness (QED) is 0.709. The van der Waals surface area contributed by atoms with Crippen molar-refractivity contribution in [3.63, 3.8) is 0 Å². The van der Waals surface area contributed by atoms with Crippen molar-refractivity contribution in [1.82, 2.24) is 35.3 Å². The lowest BCUT2D eigenvalue weighted by atomic mass is 10.3. The van der Waals surface area contributed by atoms with Crippen molar-refractivity contribution in [2.45, 2.75) is 19.5 Å². The van der Waals surface area contributed by atoms with Crippen LogP contribution in [0.3, 0.4) is 0 Å². The van der Waals surface area contributed by atoms with Gasteiger partial charge in [0, 0.05) is 0 Å². The van der Waals surface area contributed by atoms with Crippen LogP contribution in [0.4, 0.5) is 0 Å². The zero-order valence-electron chi connectivity index (χ0n) is 8.66. The molecule has 0 bridgehead atoms. The van der Waals surface area contributed by atoms with Crippen LogP contribution in [0.2, 0.25) is 0 Å². The third-order valence-corrected chi connectivity index (χ3v) is 2.11. The van der Waals surface area contributed by atoms with Crippen LogP contribution < -0.4 is 5.32 Å². The monoisotopic (exact) mass is 221 g/mol. The molecule has 1 amide bonds. The van der Waals surface area contributed by atoms with E-state index < -0.39 is 6.04 Å². The molecule has 0 aliphatic carbocycles. The molecule has 2 N–H and O–H groups in total. The van der Waals surface area contributed by atoms with Crippen LogP contribution in [0, 0.1) is 0 Å². The highest BCUT2D eigenvalue weighted by Crippen LogP contribution is 2.01. The average molecular weight is 221 g/mol. The molecule has 0 spiro atoms. The lowest BCUT2D eigenvalue weighted by molar-refractivity contribution is -0.124. The van der Waals surface area contributed by atoms with E-state index in [-0.39, 0.29) is 5.91 Å². The molecular formula is C8H11N7O. The SMILES string of the molecule is CC(C(=O)NCc1ncn[nH]1)n1cncn1. The molecule has 0 aromatic carbocycles. The van der Waals surface area contributed by atoms with Crippen LogP contribution in [-0.4, -0.2) is 35.9 Å². The number of amides is 1. The van der Waals surface area contributed by atoms with Crippen molar-refractivity contribution in [2.75, 3.05) is 0 Å². The van der Waals surface area contributed by atoms with Crippen molar-refractivity contribution in [1.29, 1.82) is 0 Å². The van der Waals surface area contributed by atoms with Crippen LogP contribution in [0.15, 0.2) is 19.0 Å². The van der Waals surface area contributed by atoms with Gasteiger partial charge in [0.2, 0.25) is 5.91 Å². The van der Waals surface area contributed by atoms with Crippen molar-refractivity contribution in [3.8, 4) is 0 Å². The summed E-state index contributed by atoms with van der Waals surface area (Å²) in [6.07, 6.45) is 4.28. The standard InChI is InChI=1S/C8H11N7O/c1-6(15-5-9-3-13-15)8(16)10-2-7-11-4-12-14-7/h3-6H,2H2,1H3,(H,10,16)(H,11,12,14). The van der Waals surface area contributed by atoms with E-state index in [0.717, 1.165) is 0 Å². The maximum atomic E-state index is 11.7. The van der Waals surface area contributed by atoms with Crippen molar-refractivity contribution < 1.29 is 4.79 Å². The Morgan fingerprint density at radius 1 is 1.62 bits per heavy atom. The third-order valence-electron chi connectivity index (χ3n) is 2.11. The van der Waals surface area contributed by atoms with E-state index in [1.807, 2.05) is 0 Å². The number of carbonyl (C=O) groups is 1. The number of H-pyrrole nitrogens is 1. The first-order valence-corrected chi connectivity index (χ1v) is 4.73. The lowest BCUT2D eigenvalue weighted by Crippen LogP contribution is -2.31. The summed E-state index contributed by atoms with van der Waals surface area (Å²) in [6, 6.07) is -0.398. The molecule has 1 atom stereocenters. The number of carbonyl (C=O) groups excluding carboxylic acids is 1. The normalized spacial score (nSPS) is 12.3. The minimum atomic E-state index is -0.398. The van der Waals surface area contributed by atoms with Crippen LogP contribution in [0.5, 0.6) is 0 Å². The Morgan fingerprint density at radius 2 is 2.50 bits per heavy atom. The van der Waals surface area contributed by atoms with Gasteiger partial charge in [-0.3, -0.25) is 9.89 Å². The first-order valence-electron chi connectivity index (χ1n) is 4.73. The Hall–Kier alpha value is -2.25. The summed E-state index contributed by atoms with van der Waals surface area (Å²) in [5.74, 6) is 0.459. The predicted molar refractivity (Wildman–Crippen MR) is 53.0 cm³/mol. The molecule has 2 aromatic rings. The van der Waals surface area contributed by atoms with Gasteiger partial charge in [-0.05, 0) is 6.92 Å². The predicted octanol–water partition coefficient (Wildman–Crippen LogP) is -0.726. The van der Waals surface area contributed by atoms with E-state index in [1.54, 1.807) is 6.92 Å². The van der Waals surface area contributed by atoms with Gasteiger partial charge < -0.3 is 5.32 Å². The molecule has 1 unspecified atom stereocenters. The Kier molecular flexibility index (Phi) is 2.90. The maximum Gasteiger partial charge on any atom is 0.245 e. The first-order chi connectivity index (χ1) is 7.77. The average Bonchev–Trinajstić information content (AvgIpc) is 2.96. The smallest absolute Gasteiger partial charge is 0.245 e. The first kappa shape index (κ1) is 10.3. The highest BCUT2D eigenvalue weighted by molar-refractivity contribution is 5.79. The molecule has 2 heterocycles. The van der Waals surface area contributed by atoms with Gasteiger partial charge in [-0.1, -0.05) is 0 Å². The van der Waals surface area contributed by atoms with Gasteiger partial charge >= 0.3 is 0 Å². The number of hydrogen-bond donors (Lipinski definition) is 2. The molecular weight excluding hydrogens is 210 g/mol. The minimum absolute atomic E-state index is 0.151. The number of nitrogens with one attached hydrogen (secondary N) is 2. The lowest BCUT2D eigenvalue weighted by Gasteiger charge is -2.10. The third kappa shape index (κ3) is 2.22. The van der Waals surface area contributed by atoms with Crippen LogP contribution >= 0.6 is 0 Å². The summed E-state index contributed by atoms with van der Waals surface area (Å²) in [5.41, 5.74) is 0. The van der Waals surface area contributed by atoms with E-state index >= 15 is 0 Å². The summed E-state index contributed by atoms with van der Waals surface area (Å²) >= 11 is 0. The molecule has 84 valence electrons. The molecule has 8 heteroatoms. The molecule has 0 saturated carbocycles. The molecule has 0 aliphatic rings. The summed E-state index contributed by atoms with van der Waals surface area (Å²) in [6.45, 7) is 2.06. The summed E-state index contributed by atoms with van der Waals surface area (Å²) in [4.78, 5) is 19.3. The van der Waals surface area contributed by atoms with Gasteiger partial charge in [0.1, 0.15) is 30.8 Å². The van der Waals surface area contributed by atoms with Gasteiger partial charge in [-0.15, -0.1) is 0 Å². The Bertz CT molecular complexity index is 435. The molecule has 0 radical (unpaired) electrons. The molecule has 8 nitrogen and oxygen atoms in total. The Balaban J connectivity index is 1.89. The van der Waals surface area contributed by atoms with Crippen LogP contribution in [-0.2, 0) is 11.3 Å². The van der Waals surface area contributed by atoms with E-state index in [0.29, 0.717) is 12.4 Å². The van der Waals surface area contributed by atoms with Gasteiger partial charge in [-0.25, -0.2) is 14.6 Å². The topological polar surface area (TPSA) is 101 Å². The van der Waals surface area contributed by atoms with E-state index in [1.165, 1.54) is 23.7 Å². The van der Waals surface area contributed by atoms with Gasteiger partial charge in [0.05, 0.1) is 6.54 Å². The second-order valence-corrected chi connectivity index (χ2v) is 3.20. The minimum Gasteiger partial charge on any atom is -0.347 e. The highest BCUT2D eigenvalue weighted by atomic mass is 16.2. The zero-order chi connectivity index (χ0) is 11.4. The molecule has 0 saturated heterocycles. The number of rotatable bonds is 4. The zero-order valence-corrected chi connectivity index (χ0v) is 8.66. The van der Waals surface area contributed by atoms with Crippen molar-refractivity contribution >= 4 is 5.91 Å². The Morgan fingerprint density at radius 3 is 3.12 bits per heavy atom. The van der Waals surface area contributed by atoms with Gasteiger partial charge in [0.25, 0.3) is 0 Å². The van der Waals surface area contributed by atoms with E-state index in [9.17, 15) is 4.79 Å². The number of hydrogen-bond acceptors (Lipinski definition) is 5. The molecule has 2 aromatic heterocycles. The Labute approximate surface area is 91.1 Å². The maximum absolute atomic E-state index is 11.7. The largest absolute Gasteiger partial charge is 0.347 e. The molecule has 0 aliphatic heterocycles. The highest BCUT2D eigenvalue weighted by Gasteiger charge is 2.14. The molecule has 16 heavy (non-hydrogen) atoms. The van der Waals surface area contributed by atoms with Gasteiger partial charge in [0.15, 0.2) is 0 Å². The molecule has 2 rings (SSSR count). The van der Waals surface area contributed by atoms with E-state index in [2.05, 4.69) is 30.6 Å². The second-order valence-electron chi connectivity index (χ2n) is 3.20. The van der Waals surface area contributed by atoms with Crippen LogP contribution in [0.25, 0.3) is 0 Å². The summed E-state index contributed by atoms with van der Waals surface area (Å²) in [7, 11) is 0. The summed E-state index contributed by atoms with van der Waals surface area (Å²) < 4.78 is 1.48. The van der Waals surface area contributed by atoms with Crippen molar-refractivity contribution in [2.24, 2.45) is 0 Å².